The van der Waals surface area contributed by atoms with Crippen LogP contribution in [0.1, 0.15) is 40.9 Å². The number of likely N-dealkylation sites (tertiary alicyclic amines) is 1. The zero-order valence-corrected chi connectivity index (χ0v) is 14.7. The largest absolute Gasteiger partial charge is 0.486 e. The Morgan fingerprint density at radius 3 is 2.77 bits per heavy atom. The van der Waals surface area contributed by atoms with E-state index in [0.717, 1.165) is 5.56 Å². The average Bonchev–Trinajstić information content (AvgIpc) is 3.15. The number of furan rings is 1. The number of aryl methyl sites for hydroxylation is 1. The van der Waals surface area contributed by atoms with Crippen molar-refractivity contribution in [2.75, 3.05) is 13.1 Å². The Morgan fingerprint density at radius 1 is 1.23 bits per heavy atom. The van der Waals surface area contributed by atoms with E-state index in [2.05, 4.69) is 0 Å². The number of carbonyl (C=O) groups excluding carboxylic acids is 2. The van der Waals surface area contributed by atoms with Gasteiger partial charge >= 0.3 is 0 Å². The van der Waals surface area contributed by atoms with Gasteiger partial charge in [0.25, 0.3) is 0 Å². The highest BCUT2D eigenvalue weighted by Gasteiger charge is 2.43. The van der Waals surface area contributed by atoms with Gasteiger partial charge in [-0.1, -0.05) is 11.6 Å². The standard InChI is InChI=1S/C21H21NO4/c1-15-4-6-19-17(13-15)18(23)14-21(26-19)8-10-22(11-9-21)20(24)7-5-16-3-2-12-25-16/h2-7,12-13H,8-11,14H2,1H3/b7-5+. The van der Waals surface area contributed by atoms with E-state index in [1.165, 1.54) is 6.08 Å². The summed E-state index contributed by atoms with van der Waals surface area (Å²) in [6, 6.07) is 9.32. The van der Waals surface area contributed by atoms with E-state index in [1.54, 1.807) is 29.4 Å². The molecule has 2 aromatic rings. The lowest BCUT2D eigenvalue weighted by atomic mass is 9.82. The number of nitrogens with zero attached hydrogens (tertiary/aromatic N) is 1. The Kier molecular flexibility index (Phi) is 4.15. The van der Waals surface area contributed by atoms with Gasteiger partial charge in [-0.05, 0) is 37.3 Å². The van der Waals surface area contributed by atoms with Gasteiger partial charge in [0.2, 0.25) is 5.91 Å². The maximum absolute atomic E-state index is 12.6. The number of hydrogen-bond acceptors (Lipinski definition) is 4. The van der Waals surface area contributed by atoms with Crippen LogP contribution >= 0.6 is 0 Å². The molecule has 134 valence electrons. The SMILES string of the molecule is Cc1ccc2c(c1)C(=O)CC1(CCN(C(=O)/C=C/c3ccco3)CC1)O2. The third kappa shape index (κ3) is 3.17. The molecule has 1 spiro atoms. The Morgan fingerprint density at radius 2 is 2.04 bits per heavy atom. The molecule has 3 heterocycles. The monoisotopic (exact) mass is 351 g/mol. The second-order valence-electron chi connectivity index (χ2n) is 7.06. The van der Waals surface area contributed by atoms with Gasteiger partial charge in [-0.3, -0.25) is 9.59 Å². The maximum atomic E-state index is 12.6. The van der Waals surface area contributed by atoms with Gasteiger partial charge in [0.1, 0.15) is 17.1 Å². The Labute approximate surface area is 152 Å². The van der Waals surface area contributed by atoms with E-state index < -0.39 is 5.60 Å². The smallest absolute Gasteiger partial charge is 0.246 e. The van der Waals surface area contributed by atoms with Crippen LogP contribution < -0.4 is 4.74 Å². The number of fused-ring (bicyclic) bond motifs is 1. The van der Waals surface area contributed by atoms with Crippen LogP contribution in [0.25, 0.3) is 6.08 Å². The van der Waals surface area contributed by atoms with E-state index in [-0.39, 0.29) is 11.7 Å². The molecule has 0 unspecified atom stereocenters. The molecule has 2 aliphatic heterocycles. The predicted octanol–water partition coefficient (Wildman–Crippen LogP) is 3.63. The second kappa shape index (κ2) is 6.48. The van der Waals surface area contributed by atoms with Crippen molar-refractivity contribution in [3.8, 4) is 5.75 Å². The Hall–Kier alpha value is -2.82. The van der Waals surface area contributed by atoms with Crippen molar-refractivity contribution in [2.45, 2.75) is 31.8 Å². The molecule has 1 aromatic carbocycles. The van der Waals surface area contributed by atoms with E-state index in [1.807, 2.05) is 25.1 Å². The predicted molar refractivity (Wildman–Crippen MR) is 97.0 cm³/mol. The van der Waals surface area contributed by atoms with Crippen LogP contribution in [0.3, 0.4) is 0 Å². The highest BCUT2D eigenvalue weighted by Crippen LogP contribution is 2.39. The molecular formula is C21H21NO4. The second-order valence-corrected chi connectivity index (χ2v) is 7.06. The van der Waals surface area contributed by atoms with Crippen LogP contribution in [0.15, 0.2) is 47.1 Å². The summed E-state index contributed by atoms with van der Waals surface area (Å²) in [6.07, 6.45) is 6.48. The minimum Gasteiger partial charge on any atom is -0.486 e. The van der Waals surface area contributed by atoms with Gasteiger partial charge < -0.3 is 14.1 Å². The molecule has 5 heteroatoms. The molecule has 5 nitrogen and oxygen atoms in total. The first kappa shape index (κ1) is 16.6. The van der Waals surface area contributed by atoms with Crippen LogP contribution in [0.4, 0.5) is 0 Å². The summed E-state index contributed by atoms with van der Waals surface area (Å²) in [5.74, 6) is 1.41. The van der Waals surface area contributed by atoms with Crippen molar-refractivity contribution < 1.29 is 18.7 Å². The summed E-state index contributed by atoms with van der Waals surface area (Å²) in [4.78, 5) is 26.7. The first-order valence-corrected chi connectivity index (χ1v) is 8.88. The zero-order valence-electron chi connectivity index (χ0n) is 14.7. The lowest BCUT2D eigenvalue weighted by Crippen LogP contribution is -2.52. The molecule has 1 fully saturated rings. The average molecular weight is 351 g/mol. The van der Waals surface area contributed by atoms with E-state index in [0.29, 0.717) is 49.4 Å². The summed E-state index contributed by atoms with van der Waals surface area (Å²) in [5.41, 5.74) is 1.25. The summed E-state index contributed by atoms with van der Waals surface area (Å²) < 4.78 is 11.4. The van der Waals surface area contributed by atoms with Crippen LogP contribution in [0, 0.1) is 6.92 Å². The maximum Gasteiger partial charge on any atom is 0.246 e. The number of rotatable bonds is 2. The normalized spacial score (nSPS) is 18.8. The lowest BCUT2D eigenvalue weighted by molar-refractivity contribution is -0.129. The molecule has 26 heavy (non-hydrogen) atoms. The molecule has 4 rings (SSSR count). The summed E-state index contributed by atoms with van der Waals surface area (Å²) in [6.45, 7) is 3.13. The summed E-state index contributed by atoms with van der Waals surface area (Å²) >= 11 is 0. The topological polar surface area (TPSA) is 59.8 Å². The molecule has 0 atom stereocenters. The van der Waals surface area contributed by atoms with Gasteiger partial charge in [-0.15, -0.1) is 0 Å². The van der Waals surface area contributed by atoms with Gasteiger partial charge in [-0.2, -0.15) is 0 Å². The summed E-state index contributed by atoms with van der Waals surface area (Å²) in [5, 5.41) is 0. The molecular weight excluding hydrogens is 330 g/mol. The number of benzene rings is 1. The van der Waals surface area contributed by atoms with E-state index in [4.69, 9.17) is 9.15 Å². The molecule has 1 saturated heterocycles. The van der Waals surface area contributed by atoms with Crippen molar-refractivity contribution in [3.05, 3.63) is 59.6 Å². The molecule has 1 aromatic heterocycles. The molecule has 0 aliphatic carbocycles. The molecule has 0 radical (unpaired) electrons. The fourth-order valence-corrected chi connectivity index (χ4v) is 3.67. The molecule has 0 saturated carbocycles. The number of amides is 1. The van der Waals surface area contributed by atoms with Crippen LogP contribution in [-0.2, 0) is 4.79 Å². The number of ketones is 1. The minimum atomic E-state index is -0.485. The quantitative estimate of drug-likeness (QED) is 0.775. The fourth-order valence-electron chi connectivity index (χ4n) is 3.67. The highest BCUT2D eigenvalue weighted by atomic mass is 16.5. The fraction of sp³-hybridized carbons (Fsp3) is 0.333. The Bertz CT molecular complexity index is 858. The Balaban J connectivity index is 1.42. The molecule has 1 amide bonds. The van der Waals surface area contributed by atoms with Crippen molar-refractivity contribution >= 4 is 17.8 Å². The van der Waals surface area contributed by atoms with Crippen molar-refractivity contribution in [3.63, 3.8) is 0 Å². The van der Waals surface area contributed by atoms with Gasteiger partial charge in [-0.25, -0.2) is 0 Å². The number of carbonyl (C=O) groups is 2. The zero-order chi connectivity index (χ0) is 18.1. The van der Waals surface area contributed by atoms with Crippen molar-refractivity contribution in [1.29, 1.82) is 0 Å². The third-order valence-electron chi connectivity index (χ3n) is 5.16. The van der Waals surface area contributed by atoms with Gasteiger partial charge in [0.15, 0.2) is 5.78 Å². The number of Topliss-reactive ketones (excluding diaryl/α,β-unsaturated/α-hetero) is 1. The first-order valence-electron chi connectivity index (χ1n) is 8.88. The van der Waals surface area contributed by atoms with Crippen molar-refractivity contribution in [1.82, 2.24) is 4.90 Å². The van der Waals surface area contributed by atoms with Gasteiger partial charge in [0, 0.05) is 32.0 Å². The molecule has 0 bridgehead atoms. The number of piperidine rings is 1. The van der Waals surface area contributed by atoms with Crippen LogP contribution in [-0.4, -0.2) is 35.3 Å². The van der Waals surface area contributed by atoms with E-state index >= 15 is 0 Å². The third-order valence-corrected chi connectivity index (χ3v) is 5.16. The van der Waals surface area contributed by atoms with Crippen LogP contribution in [0.2, 0.25) is 0 Å². The van der Waals surface area contributed by atoms with E-state index in [9.17, 15) is 9.59 Å². The summed E-state index contributed by atoms with van der Waals surface area (Å²) in [7, 11) is 0. The van der Waals surface area contributed by atoms with Crippen molar-refractivity contribution in [2.24, 2.45) is 0 Å². The van der Waals surface area contributed by atoms with Crippen LogP contribution in [0.5, 0.6) is 5.75 Å². The minimum absolute atomic E-state index is 0.0468. The molecule has 0 N–H and O–H groups in total. The lowest BCUT2D eigenvalue weighted by Gasteiger charge is -2.43. The highest BCUT2D eigenvalue weighted by molar-refractivity contribution is 6.00. The number of hydrogen-bond donors (Lipinski definition) is 0. The number of ether oxygens (including phenoxy) is 1. The first-order chi connectivity index (χ1) is 12.5. The molecule has 2 aliphatic rings. The van der Waals surface area contributed by atoms with Gasteiger partial charge in [0.05, 0.1) is 18.2 Å².